The van der Waals surface area contributed by atoms with E-state index in [2.05, 4.69) is 63.3 Å². The Morgan fingerprint density at radius 3 is 2.53 bits per heavy atom. The van der Waals surface area contributed by atoms with Crippen molar-refractivity contribution >= 4 is 31.9 Å². The maximum atomic E-state index is 3.76. The van der Waals surface area contributed by atoms with Crippen LogP contribution >= 0.6 is 31.9 Å². The van der Waals surface area contributed by atoms with Crippen LogP contribution in [0.5, 0.6) is 0 Å². The van der Waals surface area contributed by atoms with E-state index in [1.165, 1.54) is 45.8 Å². The molecule has 2 aliphatic carbocycles. The molecule has 0 aromatic heterocycles. The Morgan fingerprint density at radius 2 is 1.95 bits per heavy atom. The third-order valence-electron chi connectivity index (χ3n) is 5.14. The summed E-state index contributed by atoms with van der Waals surface area (Å²) in [6, 6.07) is 5.02. The Labute approximate surface area is 132 Å². The minimum absolute atomic E-state index is 0.488. The summed E-state index contributed by atoms with van der Waals surface area (Å²) in [6.07, 6.45) is 5.79. The molecule has 1 nitrogen and oxygen atoms in total. The van der Waals surface area contributed by atoms with Gasteiger partial charge in [0.05, 0.1) is 0 Å². The molecule has 1 N–H and O–H groups in total. The zero-order chi connectivity index (χ0) is 13.6. The number of rotatable bonds is 3. The monoisotopic (exact) mass is 385 g/mol. The van der Waals surface area contributed by atoms with Crippen molar-refractivity contribution in [2.45, 2.75) is 38.6 Å². The van der Waals surface area contributed by atoms with Crippen LogP contribution in [0.2, 0.25) is 0 Å². The van der Waals surface area contributed by atoms with Gasteiger partial charge in [-0.1, -0.05) is 38.3 Å². The van der Waals surface area contributed by atoms with Gasteiger partial charge >= 0.3 is 0 Å². The van der Waals surface area contributed by atoms with Crippen LogP contribution in [0, 0.1) is 24.7 Å². The lowest BCUT2D eigenvalue weighted by Gasteiger charge is -2.31. The van der Waals surface area contributed by atoms with Gasteiger partial charge < -0.3 is 5.32 Å². The summed E-state index contributed by atoms with van der Waals surface area (Å²) in [6.45, 7) is 2.14. The van der Waals surface area contributed by atoms with E-state index in [9.17, 15) is 0 Å². The molecule has 0 radical (unpaired) electrons. The number of hydrogen-bond donors (Lipinski definition) is 1. The first-order chi connectivity index (χ1) is 9.10. The standard InChI is InChI=1S/C16H21Br2N/c1-9-5-15(18)13(8-14(9)17)16(19-2)12-7-10-3-4-11(12)6-10/h5,8,10-12,16,19H,3-4,6-7H2,1-2H3. The molecule has 0 amide bonds. The summed E-state index contributed by atoms with van der Waals surface area (Å²) >= 11 is 7.44. The molecule has 2 fully saturated rings. The van der Waals surface area contributed by atoms with Crippen LogP contribution in [0.1, 0.15) is 42.9 Å². The first-order valence-corrected chi connectivity index (χ1v) is 8.81. The van der Waals surface area contributed by atoms with Crippen molar-refractivity contribution < 1.29 is 0 Å². The van der Waals surface area contributed by atoms with Crippen LogP contribution in [0.4, 0.5) is 0 Å². The molecule has 0 heterocycles. The smallest absolute Gasteiger partial charge is 0.0360 e. The second kappa shape index (κ2) is 5.50. The Morgan fingerprint density at radius 1 is 1.16 bits per heavy atom. The van der Waals surface area contributed by atoms with Crippen LogP contribution in [-0.4, -0.2) is 7.05 Å². The van der Waals surface area contributed by atoms with Crippen molar-refractivity contribution in [3.8, 4) is 0 Å². The van der Waals surface area contributed by atoms with Crippen LogP contribution in [-0.2, 0) is 0 Å². The lowest BCUT2D eigenvalue weighted by molar-refractivity contribution is 0.259. The van der Waals surface area contributed by atoms with Crippen LogP contribution in [0.25, 0.3) is 0 Å². The van der Waals surface area contributed by atoms with E-state index < -0.39 is 0 Å². The Balaban J connectivity index is 1.92. The zero-order valence-corrected chi connectivity index (χ0v) is 14.7. The van der Waals surface area contributed by atoms with E-state index in [-0.39, 0.29) is 0 Å². The summed E-state index contributed by atoms with van der Waals surface area (Å²) in [7, 11) is 2.11. The third kappa shape index (κ3) is 2.54. The second-order valence-electron chi connectivity index (χ2n) is 6.23. The summed E-state index contributed by atoms with van der Waals surface area (Å²) in [5.41, 5.74) is 2.70. The number of halogens is 2. The summed E-state index contributed by atoms with van der Waals surface area (Å²) < 4.78 is 2.46. The largest absolute Gasteiger partial charge is 0.313 e. The van der Waals surface area contributed by atoms with E-state index in [0.29, 0.717) is 6.04 Å². The lowest BCUT2D eigenvalue weighted by Crippen LogP contribution is -2.29. The second-order valence-corrected chi connectivity index (χ2v) is 7.94. The first-order valence-electron chi connectivity index (χ1n) is 7.23. The van der Waals surface area contributed by atoms with E-state index in [1.54, 1.807) is 0 Å². The number of benzene rings is 1. The highest BCUT2D eigenvalue weighted by molar-refractivity contribution is 9.11. The lowest BCUT2D eigenvalue weighted by atomic mass is 9.80. The van der Waals surface area contributed by atoms with Gasteiger partial charge in [0.15, 0.2) is 0 Å². The molecule has 0 spiro atoms. The fourth-order valence-electron chi connectivity index (χ4n) is 4.20. The van der Waals surface area contributed by atoms with Crippen molar-refractivity contribution in [3.63, 3.8) is 0 Å². The van der Waals surface area contributed by atoms with E-state index in [1.807, 2.05) is 0 Å². The predicted octanol–water partition coefficient (Wildman–Crippen LogP) is 5.22. The van der Waals surface area contributed by atoms with Gasteiger partial charge in [0, 0.05) is 15.0 Å². The molecule has 2 bridgehead atoms. The Hall–Kier alpha value is 0.140. The first kappa shape index (κ1) is 14.1. The average molecular weight is 387 g/mol. The molecular weight excluding hydrogens is 366 g/mol. The van der Waals surface area contributed by atoms with Crippen LogP contribution in [0.3, 0.4) is 0 Å². The highest BCUT2D eigenvalue weighted by Crippen LogP contribution is 2.53. The Kier molecular flexibility index (Phi) is 4.08. The quantitative estimate of drug-likeness (QED) is 0.751. The molecule has 19 heavy (non-hydrogen) atoms. The number of aryl methyl sites for hydroxylation is 1. The van der Waals surface area contributed by atoms with Crippen molar-refractivity contribution in [1.29, 1.82) is 0 Å². The molecular formula is C16H21Br2N. The molecule has 3 heteroatoms. The average Bonchev–Trinajstić information content (AvgIpc) is 2.99. The van der Waals surface area contributed by atoms with E-state index in [0.717, 1.165) is 17.8 Å². The molecule has 2 aliphatic rings. The van der Waals surface area contributed by atoms with E-state index >= 15 is 0 Å². The van der Waals surface area contributed by atoms with Gasteiger partial charge in [-0.3, -0.25) is 0 Å². The zero-order valence-electron chi connectivity index (χ0n) is 11.5. The maximum Gasteiger partial charge on any atom is 0.0360 e. The molecule has 0 saturated heterocycles. The number of hydrogen-bond acceptors (Lipinski definition) is 1. The summed E-state index contributed by atoms with van der Waals surface area (Å²) in [4.78, 5) is 0. The van der Waals surface area contributed by atoms with E-state index in [4.69, 9.17) is 0 Å². The van der Waals surface area contributed by atoms with Gasteiger partial charge in [-0.15, -0.1) is 0 Å². The molecule has 4 atom stereocenters. The number of nitrogens with one attached hydrogen (secondary N) is 1. The summed E-state index contributed by atoms with van der Waals surface area (Å²) in [5.74, 6) is 2.75. The van der Waals surface area contributed by atoms with Gasteiger partial charge in [0.2, 0.25) is 0 Å². The highest BCUT2D eigenvalue weighted by atomic mass is 79.9. The molecule has 1 aromatic carbocycles. The number of fused-ring (bicyclic) bond motifs is 2. The fraction of sp³-hybridized carbons (Fsp3) is 0.625. The molecule has 4 unspecified atom stereocenters. The van der Waals surface area contributed by atoms with Crippen LogP contribution in [0.15, 0.2) is 21.1 Å². The normalized spacial score (nSPS) is 30.8. The molecule has 2 saturated carbocycles. The van der Waals surface area contributed by atoms with Crippen molar-refractivity contribution in [1.82, 2.24) is 5.32 Å². The minimum atomic E-state index is 0.488. The SMILES string of the molecule is CNC(c1cc(Br)c(C)cc1Br)C1CC2CCC1C2. The highest BCUT2D eigenvalue weighted by Gasteiger charge is 2.43. The Bertz CT molecular complexity index is 486. The predicted molar refractivity (Wildman–Crippen MR) is 87.3 cm³/mol. The van der Waals surface area contributed by atoms with Gasteiger partial charge in [0.1, 0.15) is 0 Å². The van der Waals surface area contributed by atoms with Gasteiger partial charge in [0.25, 0.3) is 0 Å². The fourth-order valence-corrected chi connectivity index (χ4v) is 5.27. The molecule has 0 aliphatic heterocycles. The van der Waals surface area contributed by atoms with Crippen LogP contribution < -0.4 is 5.32 Å². The summed E-state index contributed by atoms with van der Waals surface area (Å²) in [5, 5.41) is 3.58. The van der Waals surface area contributed by atoms with Crippen molar-refractivity contribution in [2.24, 2.45) is 17.8 Å². The topological polar surface area (TPSA) is 12.0 Å². The van der Waals surface area contributed by atoms with Gasteiger partial charge in [-0.25, -0.2) is 0 Å². The van der Waals surface area contributed by atoms with Gasteiger partial charge in [-0.2, -0.15) is 0 Å². The third-order valence-corrected chi connectivity index (χ3v) is 6.69. The maximum absolute atomic E-state index is 3.76. The molecule has 104 valence electrons. The van der Waals surface area contributed by atoms with Crippen molar-refractivity contribution in [2.75, 3.05) is 7.05 Å². The molecule has 3 rings (SSSR count). The van der Waals surface area contributed by atoms with Crippen molar-refractivity contribution in [3.05, 3.63) is 32.2 Å². The van der Waals surface area contributed by atoms with Gasteiger partial charge in [-0.05, 0) is 74.2 Å². The minimum Gasteiger partial charge on any atom is -0.313 e. The molecule has 1 aromatic rings.